The summed E-state index contributed by atoms with van der Waals surface area (Å²) in [6, 6.07) is 9.35. The van der Waals surface area contributed by atoms with E-state index in [1.54, 1.807) is 4.68 Å². The molecule has 0 aliphatic heterocycles. The van der Waals surface area contributed by atoms with Crippen LogP contribution in [0.3, 0.4) is 0 Å². The predicted molar refractivity (Wildman–Crippen MR) is 64.6 cm³/mol. The van der Waals surface area contributed by atoms with Crippen molar-refractivity contribution >= 4 is 5.78 Å². The molecule has 0 bridgehead atoms. The van der Waals surface area contributed by atoms with Crippen LogP contribution in [0.1, 0.15) is 23.0 Å². The maximum absolute atomic E-state index is 12.1. The van der Waals surface area contributed by atoms with Crippen LogP contribution < -0.4 is 0 Å². The van der Waals surface area contributed by atoms with Crippen molar-refractivity contribution in [1.29, 1.82) is 0 Å². The smallest absolute Gasteiger partial charge is 0.166 e. The van der Waals surface area contributed by atoms with Gasteiger partial charge in [-0.05, 0) is 0 Å². The van der Waals surface area contributed by atoms with Gasteiger partial charge in [0.2, 0.25) is 0 Å². The predicted octanol–water partition coefficient (Wildman–Crippen LogP) is 1.88. The second-order valence-corrected chi connectivity index (χ2v) is 4.22. The summed E-state index contributed by atoms with van der Waals surface area (Å²) in [5.41, 5.74) is 1.60. The van der Waals surface area contributed by atoms with E-state index >= 15 is 0 Å². The summed E-state index contributed by atoms with van der Waals surface area (Å²) in [6.45, 7) is 1.92. The highest BCUT2D eigenvalue weighted by molar-refractivity contribution is 5.97. The number of rotatable bonds is 4. The normalized spacial score (nSPS) is 12.4. The maximum Gasteiger partial charge on any atom is 0.166 e. The molecule has 0 radical (unpaired) electrons. The fourth-order valence-electron chi connectivity index (χ4n) is 1.78. The minimum atomic E-state index is -0.0749. The second-order valence-electron chi connectivity index (χ2n) is 4.22. The first-order valence-electron chi connectivity index (χ1n) is 5.61. The minimum absolute atomic E-state index is 0.0749. The van der Waals surface area contributed by atoms with Crippen molar-refractivity contribution in [3.8, 4) is 0 Å². The average molecular weight is 229 g/mol. The zero-order valence-electron chi connectivity index (χ0n) is 10.00. The number of carbonyl (C=O) groups excluding carboxylic acids is 1. The maximum atomic E-state index is 12.1. The monoisotopic (exact) mass is 229 g/mol. The van der Waals surface area contributed by atoms with E-state index in [0.29, 0.717) is 6.42 Å². The number of carbonyl (C=O) groups is 1. The van der Waals surface area contributed by atoms with Crippen LogP contribution in [-0.2, 0) is 13.5 Å². The Kier molecular flexibility index (Phi) is 3.32. The van der Waals surface area contributed by atoms with E-state index in [0.717, 1.165) is 11.3 Å². The van der Waals surface area contributed by atoms with Gasteiger partial charge in [-0.3, -0.25) is 9.48 Å². The molecular formula is C13H15N3O. The number of hydrogen-bond donors (Lipinski definition) is 0. The molecule has 1 aromatic carbocycles. The van der Waals surface area contributed by atoms with E-state index < -0.39 is 0 Å². The van der Waals surface area contributed by atoms with Crippen LogP contribution in [0.5, 0.6) is 0 Å². The van der Waals surface area contributed by atoms with Crippen LogP contribution in [0.2, 0.25) is 0 Å². The summed E-state index contributed by atoms with van der Waals surface area (Å²) in [5.74, 6) is 0.0744. The first-order chi connectivity index (χ1) is 8.16. The number of nitrogens with zero attached hydrogens (tertiary/aromatic N) is 3. The molecule has 0 aliphatic rings. The Hall–Kier alpha value is -1.97. The van der Waals surface area contributed by atoms with Crippen LogP contribution in [-0.4, -0.2) is 20.8 Å². The lowest BCUT2D eigenvalue weighted by Crippen LogP contribution is -2.14. The Morgan fingerprint density at radius 3 is 2.65 bits per heavy atom. The highest BCUT2D eigenvalue weighted by Gasteiger charge is 2.16. The van der Waals surface area contributed by atoms with Crippen LogP contribution in [0.25, 0.3) is 0 Å². The van der Waals surface area contributed by atoms with Crippen LogP contribution in [0.15, 0.2) is 36.5 Å². The molecule has 4 nitrogen and oxygen atoms in total. The quantitative estimate of drug-likeness (QED) is 0.752. The van der Waals surface area contributed by atoms with Crippen LogP contribution in [0.4, 0.5) is 0 Å². The third kappa shape index (κ3) is 2.78. The van der Waals surface area contributed by atoms with Gasteiger partial charge < -0.3 is 0 Å². The molecule has 4 heteroatoms. The van der Waals surface area contributed by atoms with E-state index in [-0.39, 0.29) is 11.7 Å². The van der Waals surface area contributed by atoms with Crippen molar-refractivity contribution in [3.63, 3.8) is 0 Å². The van der Waals surface area contributed by atoms with E-state index in [9.17, 15) is 4.79 Å². The fraction of sp³-hybridized carbons (Fsp3) is 0.308. The van der Waals surface area contributed by atoms with Gasteiger partial charge in [0.25, 0.3) is 0 Å². The number of aromatic nitrogens is 3. The molecule has 0 spiro atoms. The second kappa shape index (κ2) is 4.91. The number of Topliss-reactive ketones (excluding diaryl/α,β-unsaturated/α-hetero) is 1. The Labute approximate surface area is 100 Å². The summed E-state index contributed by atoms with van der Waals surface area (Å²) in [7, 11) is 1.82. The van der Waals surface area contributed by atoms with Crippen molar-refractivity contribution in [2.24, 2.45) is 13.0 Å². The van der Waals surface area contributed by atoms with Crippen LogP contribution in [0, 0.1) is 5.92 Å². The van der Waals surface area contributed by atoms with E-state index in [4.69, 9.17) is 0 Å². The molecule has 2 aromatic rings. The van der Waals surface area contributed by atoms with Gasteiger partial charge >= 0.3 is 0 Å². The van der Waals surface area contributed by atoms with Gasteiger partial charge in [0.15, 0.2) is 5.78 Å². The highest BCUT2D eigenvalue weighted by atomic mass is 16.1. The van der Waals surface area contributed by atoms with E-state index in [2.05, 4.69) is 10.3 Å². The molecule has 0 amide bonds. The van der Waals surface area contributed by atoms with Crippen LogP contribution >= 0.6 is 0 Å². The highest BCUT2D eigenvalue weighted by Crippen LogP contribution is 2.12. The molecule has 17 heavy (non-hydrogen) atoms. The summed E-state index contributed by atoms with van der Waals surface area (Å²) >= 11 is 0. The molecule has 1 unspecified atom stereocenters. The lowest BCUT2D eigenvalue weighted by atomic mass is 9.95. The summed E-state index contributed by atoms with van der Waals surface area (Å²) < 4.78 is 1.65. The molecule has 0 N–H and O–H groups in total. The van der Waals surface area contributed by atoms with Crippen molar-refractivity contribution in [2.45, 2.75) is 13.3 Å². The Morgan fingerprint density at radius 1 is 1.35 bits per heavy atom. The number of ketones is 1. The van der Waals surface area contributed by atoms with Gasteiger partial charge in [0.05, 0.1) is 5.69 Å². The molecule has 1 atom stereocenters. The number of benzene rings is 1. The van der Waals surface area contributed by atoms with Gasteiger partial charge in [0, 0.05) is 31.1 Å². The molecule has 0 saturated carbocycles. The minimum Gasteiger partial charge on any atom is -0.294 e. The SMILES string of the molecule is CC(Cc1cn(C)nn1)C(=O)c1ccccc1. The third-order valence-corrected chi connectivity index (χ3v) is 2.67. The van der Waals surface area contributed by atoms with Gasteiger partial charge in [-0.15, -0.1) is 5.10 Å². The van der Waals surface area contributed by atoms with Crippen molar-refractivity contribution in [1.82, 2.24) is 15.0 Å². The van der Waals surface area contributed by atoms with Gasteiger partial charge in [0.1, 0.15) is 0 Å². The Bertz CT molecular complexity index is 504. The van der Waals surface area contributed by atoms with E-state index in [1.807, 2.05) is 50.5 Å². The fourth-order valence-corrected chi connectivity index (χ4v) is 1.78. The number of hydrogen-bond acceptors (Lipinski definition) is 3. The summed E-state index contributed by atoms with van der Waals surface area (Å²) in [6.07, 6.45) is 2.47. The largest absolute Gasteiger partial charge is 0.294 e. The lowest BCUT2D eigenvalue weighted by Gasteiger charge is -2.08. The van der Waals surface area contributed by atoms with Gasteiger partial charge in [-0.2, -0.15) is 0 Å². The molecule has 1 aromatic heterocycles. The van der Waals surface area contributed by atoms with E-state index in [1.165, 1.54) is 0 Å². The summed E-state index contributed by atoms with van der Waals surface area (Å²) in [4.78, 5) is 12.1. The Balaban J connectivity index is 2.06. The first-order valence-corrected chi connectivity index (χ1v) is 5.61. The molecule has 1 heterocycles. The van der Waals surface area contributed by atoms with Gasteiger partial charge in [-0.1, -0.05) is 42.5 Å². The average Bonchev–Trinajstić information content (AvgIpc) is 2.75. The molecule has 0 aliphatic carbocycles. The molecule has 0 saturated heterocycles. The molecule has 2 rings (SSSR count). The zero-order chi connectivity index (χ0) is 12.3. The standard InChI is InChI=1S/C13H15N3O/c1-10(8-12-9-16(2)15-14-12)13(17)11-6-4-3-5-7-11/h3-7,9-10H,8H2,1-2H3. The molecule has 0 fully saturated rings. The molecule has 88 valence electrons. The Morgan fingerprint density at radius 2 is 2.06 bits per heavy atom. The summed E-state index contributed by atoms with van der Waals surface area (Å²) in [5, 5.41) is 7.85. The van der Waals surface area contributed by atoms with Crippen molar-refractivity contribution < 1.29 is 4.79 Å². The zero-order valence-corrected chi connectivity index (χ0v) is 10.00. The topological polar surface area (TPSA) is 47.8 Å². The lowest BCUT2D eigenvalue weighted by molar-refractivity contribution is 0.0929. The van der Waals surface area contributed by atoms with Crippen molar-refractivity contribution in [3.05, 3.63) is 47.8 Å². The first kappa shape index (κ1) is 11.5. The molecular weight excluding hydrogens is 214 g/mol. The third-order valence-electron chi connectivity index (χ3n) is 2.67. The van der Waals surface area contributed by atoms with Gasteiger partial charge in [-0.25, -0.2) is 0 Å². The van der Waals surface area contributed by atoms with Crippen molar-refractivity contribution in [2.75, 3.05) is 0 Å². The number of aryl methyl sites for hydroxylation is 1.